The Kier molecular flexibility index (Phi) is 4.71. The van der Waals surface area contributed by atoms with E-state index in [1.807, 2.05) is 0 Å². The van der Waals surface area contributed by atoms with Gasteiger partial charge < -0.3 is 5.32 Å². The van der Waals surface area contributed by atoms with Crippen LogP contribution in [0.3, 0.4) is 0 Å². The van der Waals surface area contributed by atoms with E-state index in [4.69, 9.17) is 4.98 Å². The molecule has 1 saturated heterocycles. The minimum atomic E-state index is 0. The molecule has 0 spiro atoms. The van der Waals surface area contributed by atoms with Crippen molar-refractivity contribution in [1.29, 1.82) is 0 Å². The molecule has 1 fully saturated rings. The lowest BCUT2D eigenvalue weighted by Crippen LogP contribution is -2.23. The Hall–Kier alpha value is -1.10. The molecule has 0 bridgehead atoms. The third-order valence-corrected chi connectivity index (χ3v) is 5.44. The summed E-state index contributed by atoms with van der Waals surface area (Å²) in [4.78, 5) is 7.32. The van der Waals surface area contributed by atoms with Gasteiger partial charge in [-0.2, -0.15) is 0 Å². The van der Waals surface area contributed by atoms with Crippen molar-refractivity contribution >= 4 is 29.4 Å². The third kappa shape index (κ3) is 2.87. The Morgan fingerprint density at radius 2 is 2.32 bits per heavy atom. The number of thiazole rings is 1. The summed E-state index contributed by atoms with van der Waals surface area (Å²) in [6.07, 6.45) is 3.69. The Morgan fingerprint density at radius 3 is 3.14 bits per heavy atom. The minimum absolute atomic E-state index is 0. The maximum Gasteiger partial charge on any atom is 0.0898 e. The lowest BCUT2D eigenvalue weighted by atomic mass is 10.1. The number of hydrogen-bond donors (Lipinski definition) is 1. The van der Waals surface area contributed by atoms with E-state index in [-0.39, 0.29) is 12.4 Å². The van der Waals surface area contributed by atoms with Gasteiger partial charge in [0.15, 0.2) is 0 Å². The standard InChI is InChI=1S/C17H21N3S.ClH/c1-12-19-15(11-21-12)16-6-3-9-20(16)10-14-5-2-4-13-7-8-18-17(13)14;/h2,4-5,11,16,18H,3,6-10H2,1H3;1H/t16-;/m1./s1. The SMILES string of the molecule is Cc1nc([C@H]2CCCN2Cc2cccc3c2NCC3)cs1.Cl. The zero-order valence-corrected chi connectivity index (χ0v) is 14.5. The highest BCUT2D eigenvalue weighted by molar-refractivity contribution is 7.09. The van der Waals surface area contributed by atoms with Crippen LogP contribution in [0.1, 0.15) is 40.7 Å². The Labute approximate surface area is 142 Å². The summed E-state index contributed by atoms with van der Waals surface area (Å²) in [5.41, 5.74) is 5.59. The number of halogens is 1. The number of hydrogen-bond acceptors (Lipinski definition) is 4. The van der Waals surface area contributed by atoms with Crippen molar-refractivity contribution in [1.82, 2.24) is 9.88 Å². The summed E-state index contributed by atoms with van der Waals surface area (Å²) < 4.78 is 0. The molecule has 1 aromatic heterocycles. The van der Waals surface area contributed by atoms with Gasteiger partial charge in [0.1, 0.15) is 0 Å². The predicted molar refractivity (Wildman–Crippen MR) is 95.1 cm³/mol. The molecule has 0 aliphatic carbocycles. The van der Waals surface area contributed by atoms with E-state index in [2.05, 4.69) is 40.7 Å². The number of aryl methyl sites for hydroxylation is 1. The van der Waals surface area contributed by atoms with E-state index in [1.165, 1.54) is 46.9 Å². The highest BCUT2D eigenvalue weighted by Gasteiger charge is 2.28. The lowest BCUT2D eigenvalue weighted by molar-refractivity contribution is 0.245. The summed E-state index contributed by atoms with van der Waals surface area (Å²) >= 11 is 1.77. The molecule has 118 valence electrons. The molecule has 1 N–H and O–H groups in total. The smallest absolute Gasteiger partial charge is 0.0898 e. The van der Waals surface area contributed by atoms with E-state index in [1.54, 1.807) is 11.3 Å². The van der Waals surface area contributed by atoms with Gasteiger partial charge in [0.25, 0.3) is 0 Å². The van der Waals surface area contributed by atoms with E-state index >= 15 is 0 Å². The van der Waals surface area contributed by atoms with Crippen LogP contribution in [0.25, 0.3) is 0 Å². The number of nitrogens with zero attached hydrogens (tertiary/aromatic N) is 2. The van der Waals surface area contributed by atoms with Crippen LogP contribution in [-0.2, 0) is 13.0 Å². The first kappa shape index (κ1) is 15.8. The van der Waals surface area contributed by atoms with Gasteiger partial charge in [0.05, 0.1) is 16.7 Å². The van der Waals surface area contributed by atoms with Gasteiger partial charge in [0.2, 0.25) is 0 Å². The Balaban J connectivity index is 0.00000144. The number of para-hydroxylation sites is 1. The molecule has 3 nitrogen and oxygen atoms in total. The number of likely N-dealkylation sites (tertiary alicyclic amines) is 1. The number of aromatic nitrogens is 1. The molecule has 0 radical (unpaired) electrons. The molecule has 1 aromatic carbocycles. The topological polar surface area (TPSA) is 28.2 Å². The quantitative estimate of drug-likeness (QED) is 0.912. The first-order chi connectivity index (χ1) is 10.3. The molecule has 22 heavy (non-hydrogen) atoms. The van der Waals surface area contributed by atoms with Crippen LogP contribution < -0.4 is 5.32 Å². The Morgan fingerprint density at radius 1 is 1.41 bits per heavy atom. The normalized spacial score (nSPS) is 20.5. The fourth-order valence-corrected chi connectivity index (χ4v) is 4.30. The van der Waals surface area contributed by atoms with E-state index in [0.29, 0.717) is 6.04 Å². The second-order valence-electron chi connectivity index (χ2n) is 6.05. The van der Waals surface area contributed by atoms with E-state index in [0.717, 1.165) is 19.5 Å². The van der Waals surface area contributed by atoms with Gasteiger partial charge in [-0.15, -0.1) is 23.7 Å². The summed E-state index contributed by atoms with van der Waals surface area (Å²) in [6.45, 7) is 5.41. The zero-order valence-electron chi connectivity index (χ0n) is 12.8. The van der Waals surface area contributed by atoms with Gasteiger partial charge in [-0.25, -0.2) is 4.98 Å². The van der Waals surface area contributed by atoms with Crippen molar-refractivity contribution in [3.05, 3.63) is 45.4 Å². The van der Waals surface area contributed by atoms with Crippen molar-refractivity contribution in [3.8, 4) is 0 Å². The highest BCUT2D eigenvalue weighted by Crippen LogP contribution is 2.35. The van der Waals surface area contributed by atoms with Crippen LogP contribution in [0.5, 0.6) is 0 Å². The third-order valence-electron chi connectivity index (χ3n) is 4.65. The van der Waals surface area contributed by atoms with Crippen LogP contribution >= 0.6 is 23.7 Å². The van der Waals surface area contributed by atoms with Crippen molar-refractivity contribution in [2.24, 2.45) is 0 Å². The van der Waals surface area contributed by atoms with Crippen molar-refractivity contribution in [2.75, 3.05) is 18.4 Å². The number of fused-ring (bicyclic) bond motifs is 1. The van der Waals surface area contributed by atoms with Crippen LogP contribution in [0.2, 0.25) is 0 Å². The molecule has 0 saturated carbocycles. The average Bonchev–Trinajstić information content (AvgIpc) is 3.18. The van der Waals surface area contributed by atoms with E-state index < -0.39 is 0 Å². The second kappa shape index (κ2) is 6.57. The molecule has 2 aliphatic heterocycles. The molecular weight excluding hydrogens is 314 g/mol. The lowest BCUT2D eigenvalue weighted by Gasteiger charge is -2.24. The van der Waals surface area contributed by atoms with Crippen molar-refractivity contribution in [2.45, 2.75) is 38.8 Å². The molecular formula is C17H22ClN3S. The molecule has 2 aliphatic rings. The molecule has 5 heteroatoms. The van der Waals surface area contributed by atoms with E-state index in [9.17, 15) is 0 Å². The average molecular weight is 336 g/mol. The molecule has 2 aromatic rings. The summed E-state index contributed by atoms with van der Waals surface area (Å²) in [5.74, 6) is 0. The first-order valence-corrected chi connectivity index (χ1v) is 8.70. The fraction of sp³-hybridized carbons (Fsp3) is 0.471. The van der Waals surface area contributed by atoms with Crippen LogP contribution in [-0.4, -0.2) is 23.0 Å². The molecule has 0 unspecified atom stereocenters. The zero-order chi connectivity index (χ0) is 14.2. The predicted octanol–water partition coefficient (Wildman–Crippen LogP) is 4.18. The number of rotatable bonds is 3. The van der Waals surface area contributed by atoms with Crippen LogP contribution in [0.15, 0.2) is 23.6 Å². The van der Waals surface area contributed by atoms with Crippen molar-refractivity contribution < 1.29 is 0 Å². The van der Waals surface area contributed by atoms with Crippen LogP contribution in [0.4, 0.5) is 5.69 Å². The van der Waals surface area contributed by atoms with Crippen molar-refractivity contribution in [3.63, 3.8) is 0 Å². The minimum Gasteiger partial charge on any atom is -0.384 e. The van der Waals surface area contributed by atoms with Gasteiger partial charge in [-0.1, -0.05) is 18.2 Å². The Bertz CT molecular complexity index is 655. The highest BCUT2D eigenvalue weighted by atomic mass is 35.5. The monoisotopic (exact) mass is 335 g/mol. The number of nitrogens with one attached hydrogen (secondary N) is 1. The van der Waals surface area contributed by atoms with Gasteiger partial charge >= 0.3 is 0 Å². The molecule has 0 amide bonds. The number of anilines is 1. The maximum absolute atomic E-state index is 4.72. The van der Waals surface area contributed by atoms with Gasteiger partial charge in [0, 0.05) is 24.2 Å². The number of benzene rings is 1. The summed E-state index contributed by atoms with van der Waals surface area (Å²) in [7, 11) is 0. The maximum atomic E-state index is 4.72. The molecule has 4 rings (SSSR count). The van der Waals surface area contributed by atoms with Gasteiger partial charge in [-0.3, -0.25) is 4.90 Å². The molecule has 3 heterocycles. The second-order valence-corrected chi connectivity index (χ2v) is 7.11. The summed E-state index contributed by atoms with van der Waals surface area (Å²) in [6, 6.07) is 7.24. The molecule has 1 atom stereocenters. The van der Waals surface area contributed by atoms with Crippen LogP contribution in [0, 0.1) is 6.92 Å². The van der Waals surface area contributed by atoms with Gasteiger partial charge in [-0.05, 0) is 43.9 Å². The first-order valence-electron chi connectivity index (χ1n) is 7.82. The fourth-order valence-electron chi connectivity index (χ4n) is 3.64. The largest absolute Gasteiger partial charge is 0.384 e. The summed E-state index contributed by atoms with van der Waals surface area (Å²) in [5, 5.41) is 6.98.